The quantitative estimate of drug-likeness (QED) is 0.453. The molecule has 1 saturated heterocycles. The molecule has 0 atom stereocenters. The number of aryl methyl sites for hydroxylation is 2. The fraction of sp³-hybridized carbons (Fsp3) is 0.276. The normalized spacial score (nSPS) is 14.4. The molecule has 7 heteroatoms. The van der Waals surface area contributed by atoms with E-state index in [9.17, 15) is 4.79 Å². The molecule has 1 N–H and O–H groups in total. The second-order valence-corrected chi connectivity index (χ2v) is 9.39. The lowest BCUT2D eigenvalue weighted by Gasteiger charge is -2.32. The Bertz CT molecular complexity index is 1470. The SMILES string of the molecule is Cc1ccc(C(=O)Nc2ccc(CN3CCN(C)CC3)c(C)c2)cc1C#Cc1cnc2cccnn12. The van der Waals surface area contributed by atoms with Gasteiger partial charge in [-0.3, -0.25) is 9.69 Å². The molecule has 182 valence electrons. The molecule has 36 heavy (non-hydrogen) atoms. The average molecular weight is 479 g/mol. The van der Waals surface area contributed by atoms with Gasteiger partial charge in [-0.2, -0.15) is 5.10 Å². The number of hydrogen-bond acceptors (Lipinski definition) is 5. The number of likely N-dealkylation sites (N-methyl/N-ethyl adjacent to an activating group) is 1. The summed E-state index contributed by atoms with van der Waals surface area (Å²) in [6, 6.07) is 15.5. The van der Waals surface area contributed by atoms with E-state index in [1.54, 1.807) is 16.9 Å². The lowest BCUT2D eigenvalue weighted by molar-refractivity contribution is 0.102. The van der Waals surface area contributed by atoms with Gasteiger partial charge in [-0.25, -0.2) is 9.50 Å². The monoisotopic (exact) mass is 478 g/mol. The molecule has 0 radical (unpaired) electrons. The first kappa shape index (κ1) is 23.7. The Morgan fingerprint density at radius 1 is 1.00 bits per heavy atom. The molecular weight excluding hydrogens is 448 g/mol. The molecule has 4 aromatic rings. The zero-order chi connectivity index (χ0) is 25.1. The summed E-state index contributed by atoms with van der Waals surface area (Å²) in [4.78, 5) is 22.2. The number of amides is 1. The molecule has 7 nitrogen and oxygen atoms in total. The van der Waals surface area contributed by atoms with Crippen LogP contribution in [-0.2, 0) is 6.54 Å². The van der Waals surface area contributed by atoms with Crippen LogP contribution < -0.4 is 5.32 Å². The summed E-state index contributed by atoms with van der Waals surface area (Å²) in [5.74, 6) is 6.17. The van der Waals surface area contributed by atoms with Crippen molar-refractivity contribution in [3.8, 4) is 11.8 Å². The highest BCUT2D eigenvalue weighted by molar-refractivity contribution is 6.04. The molecule has 0 aliphatic carbocycles. The van der Waals surface area contributed by atoms with E-state index < -0.39 is 0 Å². The van der Waals surface area contributed by atoms with Crippen LogP contribution in [0.1, 0.15) is 38.3 Å². The third kappa shape index (κ3) is 5.30. The van der Waals surface area contributed by atoms with Gasteiger partial charge in [0.1, 0.15) is 5.69 Å². The van der Waals surface area contributed by atoms with Crippen LogP contribution in [-0.4, -0.2) is 63.5 Å². The summed E-state index contributed by atoms with van der Waals surface area (Å²) in [5, 5.41) is 7.35. The van der Waals surface area contributed by atoms with Gasteiger partial charge in [0.2, 0.25) is 0 Å². The summed E-state index contributed by atoms with van der Waals surface area (Å²) in [6.45, 7) is 9.41. The molecule has 0 bridgehead atoms. The van der Waals surface area contributed by atoms with E-state index in [-0.39, 0.29) is 5.91 Å². The van der Waals surface area contributed by atoms with Crippen molar-refractivity contribution in [1.82, 2.24) is 24.4 Å². The van der Waals surface area contributed by atoms with Crippen molar-refractivity contribution in [2.45, 2.75) is 20.4 Å². The van der Waals surface area contributed by atoms with Gasteiger partial charge in [-0.1, -0.05) is 18.1 Å². The minimum atomic E-state index is -0.152. The number of imidazole rings is 1. The van der Waals surface area contributed by atoms with Crippen LogP contribution in [0.4, 0.5) is 5.69 Å². The van der Waals surface area contributed by atoms with Gasteiger partial charge in [0.05, 0.1) is 6.20 Å². The molecule has 0 spiro atoms. The second-order valence-electron chi connectivity index (χ2n) is 9.39. The zero-order valence-electron chi connectivity index (χ0n) is 21.0. The van der Waals surface area contributed by atoms with Crippen LogP contribution >= 0.6 is 0 Å². The summed E-state index contributed by atoms with van der Waals surface area (Å²) in [6.07, 6.45) is 3.41. The third-order valence-corrected chi connectivity index (χ3v) is 6.69. The molecule has 2 aromatic heterocycles. The smallest absolute Gasteiger partial charge is 0.255 e. The molecule has 1 amide bonds. The molecule has 2 aromatic carbocycles. The van der Waals surface area contributed by atoms with Crippen molar-refractivity contribution >= 4 is 17.2 Å². The van der Waals surface area contributed by atoms with E-state index in [1.807, 2.05) is 43.3 Å². The largest absolute Gasteiger partial charge is 0.322 e. The van der Waals surface area contributed by atoms with E-state index >= 15 is 0 Å². The number of fused-ring (bicyclic) bond motifs is 1. The Kier molecular flexibility index (Phi) is 6.81. The van der Waals surface area contributed by atoms with Gasteiger partial charge >= 0.3 is 0 Å². The van der Waals surface area contributed by atoms with E-state index in [0.29, 0.717) is 11.3 Å². The summed E-state index contributed by atoms with van der Waals surface area (Å²) in [5.41, 5.74) is 7.10. The van der Waals surface area contributed by atoms with Crippen molar-refractivity contribution in [3.63, 3.8) is 0 Å². The van der Waals surface area contributed by atoms with Gasteiger partial charge in [0, 0.05) is 55.7 Å². The van der Waals surface area contributed by atoms with Crippen molar-refractivity contribution in [1.29, 1.82) is 0 Å². The maximum atomic E-state index is 13.0. The van der Waals surface area contributed by atoms with Crippen molar-refractivity contribution < 1.29 is 4.79 Å². The predicted molar refractivity (Wildman–Crippen MR) is 142 cm³/mol. The molecule has 0 saturated carbocycles. The number of piperazine rings is 1. The summed E-state index contributed by atoms with van der Waals surface area (Å²) < 4.78 is 1.70. The van der Waals surface area contributed by atoms with Crippen LogP contribution in [0.5, 0.6) is 0 Å². The lowest BCUT2D eigenvalue weighted by Crippen LogP contribution is -2.43. The number of anilines is 1. The van der Waals surface area contributed by atoms with Crippen molar-refractivity contribution in [2.24, 2.45) is 0 Å². The Labute approximate surface area is 211 Å². The molecule has 1 aliphatic heterocycles. The van der Waals surface area contributed by atoms with E-state index in [1.165, 1.54) is 11.1 Å². The average Bonchev–Trinajstić information content (AvgIpc) is 3.29. The van der Waals surface area contributed by atoms with Crippen molar-refractivity contribution in [3.05, 3.63) is 94.4 Å². The molecule has 3 heterocycles. The van der Waals surface area contributed by atoms with Crippen LogP contribution in [0.2, 0.25) is 0 Å². The van der Waals surface area contributed by atoms with E-state index in [2.05, 4.69) is 63.1 Å². The maximum absolute atomic E-state index is 13.0. The first-order valence-corrected chi connectivity index (χ1v) is 12.2. The number of benzene rings is 2. The molecular formula is C29H30N6O. The van der Waals surface area contributed by atoms with Crippen molar-refractivity contribution in [2.75, 3.05) is 38.5 Å². The highest BCUT2D eigenvalue weighted by atomic mass is 16.1. The molecule has 1 fully saturated rings. The number of nitrogens with zero attached hydrogens (tertiary/aromatic N) is 5. The first-order valence-electron chi connectivity index (χ1n) is 12.2. The Morgan fingerprint density at radius 2 is 1.83 bits per heavy atom. The summed E-state index contributed by atoms with van der Waals surface area (Å²) >= 11 is 0. The van der Waals surface area contributed by atoms with E-state index in [4.69, 9.17) is 0 Å². The van der Waals surface area contributed by atoms with Gasteiger partial charge in [0.15, 0.2) is 5.65 Å². The number of nitrogens with one attached hydrogen (secondary N) is 1. The van der Waals surface area contributed by atoms with Gasteiger partial charge in [-0.05, 0) is 79.9 Å². The summed E-state index contributed by atoms with van der Waals surface area (Å²) in [7, 11) is 2.17. The fourth-order valence-electron chi connectivity index (χ4n) is 4.35. The van der Waals surface area contributed by atoms with Gasteiger partial charge < -0.3 is 10.2 Å². The number of carbonyl (C=O) groups excluding carboxylic acids is 1. The lowest BCUT2D eigenvalue weighted by atomic mass is 10.0. The Hall–Kier alpha value is -3.99. The molecule has 0 unspecified atom stereocenters. The standard InChI is InChI=1S/C29H30N6O/c1-21-6-7-24(18-23(21)9-11-27-19-30-28-5-4-12-31-35(27)28)29(36)32-26-10-8-25(22(2)17-26)20-34-15-13-33(3)14-16-34/h4-8,10,12,17-19H,13-16,20H2,1-3H3,(H,32,36). The topological polar surface area (TPSA) is 65.8 Å². The minimum Gasteiger partial charge on any atom is -0.322 e. The predicted octanol–water partition coefficient (Wildman–Crippen LogP) is 3.75. The van der Waals surface area contributed by atoms with Gasteiger partial charge in [0.25, 0.3) is 5.91 Å². The molecule has 5 rings (SSSR count). The maximum Gasteiger partial charge on any atom is 0.255 e. The second kappa shape index (κ2) is 10.3. The number of hydrogen-bond donors (Lipinski definition) is 1. The Morgan fingerprint density at radius 3 is 2.64 bits per heavy atom. The number of aromatic nitrogens is 3. The van der Waals surface area contributed by atoms with Crippen LogP contribution in [0.15, 0.2) is 60.9 Å². The first-order chi connectivity index (χ1) is 17.5. The third-order valence-electron chi connectivity index (χ3n) is 6.69. The van der Waals surface area contributed by atoms with Gasteiger partial charge in [-0.15, -0.1) is 0 Å². The fourth-order valence-corrected chi connectivity index (χ4v) is 4.35. The minimum absolute atomic E-state index is 0.152. The van der Waals surface area contributed by atoms with Crippen LogP contribution in [0.3, 0.4) is 0 Å². The van der Waals surface area contributed by atoms with E-state index in [0.717, 1.165) is 55.2 Å². The van der Waals surface area contributed by atoms with Crippen LogP contribution in [0.25, 0.3) is 5.65 Å². The molecule has 1 aliphatic rings. The number of carbonyl (C=O) groups is 1. The van der Waals surface area contributed by atoms with Crippen LogP contribution in [0, 0.1) is 25.7 Å². The highest BCUT2D eigenvalue weighted by Crippen LogP contribution is 2.19. The zero-order valence-corrected chi connectivity index (χ0v) is 21.0. The Balaban J connectivity index is 1.29. The highest BCUT2D eigenvalue weighted by Gasteiger charge is 2.15. The number of rotatable bonds is 4.